The van der Waals surface area contributed by atoms with Crippen LogP contribution in [0.4, 0.5) is 5.82 Å². The molecule has 0 amide bonds. The molecule has 0 radical (unpaired) electrons. The third-order valence-corrected chi connectivity index (χ3v) is 6.28. The van der Waals surface area contributed by atoms with Crippen LogP contribution in [0.2, 0.25) is 0 Å². The maximum Gasteiger partial charge on any atom is 0.132 e. The smallest absolute Gasteiger partial charge is 0.132 e. The van der Waals surface area contributed by atoms with Crippen LogP contribution in [0.3, 0.4) is 0 Å². The first kappa shape index (κ1) is 15.3. The summed E-state index contributed by atoms with van der Waals surface area (Å²) in [6, 6.07) is 2.24. The van der Waals surface area contributed by atoms with Crippen LogP contribution in [0.5, 0.6) is 0 Å². The van der Waals surface area contributed by atoms with Gasteiger partial charge in [0.25, 0.3) is 0 Å². The molecule has 0 bridgehead atoms. The van der Waals surface area contributed by atoms with E-state index >= 15 is 0 Å². The highest BCUT2D eigenvalue weighted by Gasteiger charge is 2.40. The minimum Gasteiger partial charge on any atom is -0.356 e. The van der Waals surface area contributed by atoms with Crippen molar-refractivity contribution in [2.75, 3.05) is 31.1 Å². The van der Waals surface area contributed by atoms with E-state index in [1.165, 1.54) is 30.7 Å². The number of rotatable bonds is 4. The van der Waals surface area contributed by atoms with Crippen LogP contribution in [-0.2, 0) is 13.6 Å². The Hall–Kier alpha value is -2.02. The summed E-state index contributed by atoms with van der Waals surface area (Å²) in [6.45, 7) is 5.51. The van der Waals surface area contributed by atoms with Crippen molar-refractivity contribution < 1.29 is 0 Å². The number of hydrogen-bond acceptors (Lipinski definition) is 6. The Balaban J connectivity index is 1.23. The van der Waals surface area contributed by atoms with E-state index in [1.54, 1.807) is 6.33 Å². The molecule has 2 aromatic heterocycles. The van der Waals surface area contributed by atoms with Gasteiger partial charge in [0, 0.05) is 57.4 Å². The first-order chi connectivity index (χ1) is 12.3. The molecule has 3 aliphatic rings. The lowest BCUT2D eigenvalue weighted by atomic mass is 9.83. The molecule has 1 saturated carbocycles. The quantitative estimate of drug-likeness (QED) is 0.840. The second kappa shape index (κ2) is 6.05. The first-order valence-electron chi connectivity index (χ1n) is 9.39. The van der Waals surface area contributed by atoms with Crippen LogP contribution in [0.25, 0.3) is 0 Å². The molecule has 0 spiro atoms. The summed E-state index contributed by atoms with van der Waals surface area (Å²) in [5, 5.41) is 8.02. The zero-order valence-corrected chi connectivity index (χ0v) is 14.8. The molecule has 3 fully saturated rings. The average molecular weight is 339 g/mol. The second-order valence-electron chi connectivity index (χ2n) is 7.90. The van der Waals surface area contributed by atoms with Crippen molar-refractivity contribution >= 4 is 5.82 Å². The number of likely N-dealkylation sites (tertiary alicyclic amines) is 1. The molecule has 2 unspecified atom stereocenters. The first-order valence-corrected chi connectivity index (χ1v) is 9.39. The van der Waals surface area contributed by atoms with Crippen molar-refractivity contribution in [3.63, 3.8) is 0 Å². The fourth-order valence-corrected chi connectivity index (χ4v) is 4.55. The molecule has 25 heavy (non-hydrogen) atoms. The average Bonchev–Trinajstić information content (AvgIpc) is 3.22. The van der Waals surface area contributed by atoms with Crippen molar-refractivity contribution in [3.05, 3.63) is 30.0 Å². The highest BCUT2D eigenvalue weighted by molar-refractivity contribution is 5.42. The highest BCUT2D eigenvalue weighted by Crippen LogP contribution is 2.38. The molecule has 0 N–H and O–H groups in total. The van der Waals surface area contributed by atoms with E-state index < -0.39 is 0 Å². The molecule has 7 heteroatoms. The van der Waals surface area contributed by atoms with Crippen LogP contribution in [-0.4, -0.2) is 56.0 Å². The third-order valence-electron chi connectivity index (χ3n) is 6.28. The molecule has 4 heterocycles. The van der Waals surface area contributed by atoms with Crippen molar-refractivity contribution in [1.29, 1.82) is 0 Å². The summed E-state index contributed by atoms with van der Waals surface area (Å²) in [7, 11) is 1.97. The van der Waals surface area contributed by atoms with Gasteiger partial charge in [0.05, 0.1) is 11.9 Å². The van der Waals surface area contributed by atoms with Crippen LogP contribution >= 0.6 is 0 Å². The van der Waals surface area contributed by atoms with Gasteiger partial charge in [-0.1, -0.05) is 11.6 Å². The molecule has 132 valence electrons. The van der Waals surface area contributed by atoms with Crippen molar-refractivity contribution in [2.45, 2.75) is 31.7 Å². The summed E-state index contributed by atoms with van der Waals surface area (Å²) in [5.74, 6) is 3.28. The monoisotopic (exact) mass is 339 g/mol. The van der Waals surface area contributed by atoms with Crippen molar-refractivity contribution in [2.24, 2.45) is 18.9 Å². The van der Waals surface area contributed by atoms with E-state index in [2.05, 4.69) is 36.1 Å². The highest BCUT2D eigenvalue weighted by atomic mass is 15.4. The maximum atomic E-state index is 4.56. The number of anilines is 1. The number of nitrogens with zero attached hydrogens (tertiary/aromatic N) is 7. The number of aromatic nitrogens is 5. The van der Waals surface area contributed by atoms with Crippen LogP contribution < -0.4 is 4.90 Å². The Labute approximate surface area is 148 Å². The van der Waals surface area contributed by atoms with Gasteiger partial charge < -0.3 is 4.90 Å². The van der Waals surface area contributed by atoms with Gasteiger partial charge in [-0.15, -0.1) is 5.10 Å². The number of aryl methyl sites for hydroxylation is 1. The van der Waals surface area contributed by atoms with Crippen molar-refractivity contribution in [1.82, 2.24) is 29.9 Å². The summed E-state index contributed by atoms with van der Waals surface area (Å²) < 4.78 is 1.88. The lowest BCUT2D eigenvalue weighted by Gasteiger charge is -2.26. The fraction of sp³-hybridized carbons (Fsp3) is 0.667. The maximum absolute atomic E-state index is 4.56. The van der Waals surface area contributed by atoms with Gasteiger partial charge in [0.2, 0.25) is 0 Å². The summed E-state index contributed by atoms with van der Waals surface area (Å²) in [4.78, 5) is 14.1. The molecule has 7 nitrogen and oxygen atoms in total. The lowest BCUT2D eigenvalue weighted by Crippen LogP contribution is -2.29. The molecule has 2 aromatic rings. The van der Waals surface area contributed by atoms with E-state index in [0.29, 0.717) is 5.92 Å². The minimum atomic E-state index is 0.673. The SMILES string of the molecule is Cn1nncc1CN1CC2CN(c3cc(C4CCC4)ncn3)CC2C1. The van der Waals surface area contributed by atoms with E-state index in [0.717, 1.165) is 50.4 Å². The standard InChI is InChI=1S/C18H25N7/c1-23-16(6-21-22-23)11-24-7-14-9-25(10-15(14)8-24)18-5-17(19-12-20-18)13-3-2-4-13/h5-6,12-15H,2-4,7-11H2,1H3. The van der Waals surface area contributed by atoms with Crippen molar-refractivity contribution in [3.8, 4) is 0 Å². The van der Waals surface area contributed by atoms with Gasteiger partial charge in [0.1, 0.15) is 12.1 Å². The topological polar surface area (TPSA) is 63.0 Å². The Morgan fingerprint density at radius 2 is 1.88 bits per heavy atom. The Morgan fingerprint density at radius 3 is 2.52 bits per heavy atom. The van der Waals surface area contributed by atoms with Crippen LogP contribution in [0, 0.1) is 11.8 Å². The number of fused-ring (bicyclic) bond motifs is 1. The number of hydrogen-bond donors (Lipinski definition) is 0. The zero-order valence-electron chi connectivity index (χ0n) is 14.8. The molecule has 5 rings (SSSR count). The summed E-state index contributed by atoms with van der Waals surface area (Å²) in [5.41, 5.74) is 2.44. The van der Waals surface area contributed by atoms with Gasteiger partial charge in [-0.2, -0.15) is 0 Å². The Bertz CT molecular complexity index is 739. The minimum absolute atomic E-state index is 0.673. The molecule has 1 aliphatic carbocycles. The lowest BCUT2D eigenvalue weighted by molar-refractivity contribution is 0.300. The largest absolute Gasteiger partial charge is 0.356 e. The Morgan fingerprint density at radius 1 is 1.08 bits per heavy atom. The molecule has 2 atom stereocenters. The van der Waals surface area contributed by atoms with E-state index in [9.17, 15) is 0 Å². The van der Waals surface area contributed by atoms with Gasteiger partial charge in [-0.25, -0.2) is 9.97 Å². The second-order valence-corrected chi connectivity index (χ2v) is 7.90. The summed E-state index contributed by atoms with van der Waals surface area (Å²) >= 11 is 0. The molecular weight excluding hydrogens is 314 g/mol. The van der Waals surface area contributed by atoms with Crippen LogP contribution in [0.1, 0.15) is 36.6 Å². The van der Waals surface area contributed by atoms with Gasteiger partial charge in [0.15, 0.2) is 0 Å². The molecule has 2 aliphatic heterocycles. The summed E-state index contributed by atoms with van der Waals surface area (Å²) in [6.07, 6.45) is 7.57. The molecular formula is C18H25N7. The predicted molar refractivity (Wildman–Crippen MR) is 94.1 cm³/mol. The van der Waals surface area contributed by atoms with E-state index in [-0.39, 0.29) is 0 Å². The van der Waals surface area contributed by atoms with E-state index in [4.69, 9.17) is 0 Å². The van der Waals surface area contributed by atoms with Gasteiger partial charge in [-0.05, 0) is 24.7 Å². The van der Waals surface area contributed by atoms with Gasteiger partial charge >= 0.3 is 0 Å². The molecule has 0 aromatic carbocycles. The third kappa shape index (κ3) is 2.80. The Kier molecular flexibility index (Phi) is 3.69. The van der Waals surface area contributed by atoms with Gasteiger partial charge in [-0.3, -0.25) is 9.58 Å². The fourth-order valence-electron chi connectivity index (χ4n) is 4.55. The normalized spacial score (nSPS) is 26.8. The predicted octanol–water partition coefficient (Wildman–Crippen LogP) is 1.44. The van der Waals surface area contributed by atoms with E-state index in [1.807, 2.05) is 17.9 Å². The zero-order chi connectivity index (χ0) is 16.8. The van der Waals surface area contributed by atoms with Crippen LogP contribution in [0.15, 0.2) is 18.6 Å². The molecule has 2 saturated heterocycles.